The molecule has 0 aliphatic heterocycles. The molecule has 4 N–H and O–H groups in total. The Kier molecular flexibility index (Phi) is 10.3. The Bertz CT molecular complexity index is 141. The fourth-order valence-electron chi connectivity index (χ4n) is 1.08. The van der Waals surface area contributed by atoms with Crippen LogP contribution in [0.1, 0.15) is 32.6 Å². The summed E-state index contributed by atoms with van der Waals surface area (Å²) in [6.45, 7) is 2.01. The van der Waals surface area contributed by atoms with Gasteiger partial charge in [-0.2, -0.15) is 0 Å². The van der Waals surface area contributed by atoms with Crippen molar-refractivity contribution in [2.24, 2.45) is 11.7 Å². The number of hydrogen-bond donors (Lipinski definition) is 3. The molecule has 0 fully saturated rings. The van der Waals surface area contributed by atoms with Gasteiger partial charge in [0.2, 0.25) is 0 Å². The Morgan fingerprint density at radius 2 is 2.08 bits per heavy atom. The predicted octanol–water partition coefficient (Wildman–Crippen LogP) is 0.542. The molecule has 0 amide bonds. The van der Waals surface area contributed by atoms with Crippen LogP contribution in [0, 0.1) is 5.92 Å². The number of carbonyl (C=O) groups is 1. The monoisotopic (exact) mass is 281 g/mol. The molecule has 0 saturated carbocycles. The molecule has 13 heavy (non-hydrogen) atoms. The first-order valence-electron chi connectivity index (χ1n) is 4.23. The van der Waals surface area contributed by atoms with Crippen LogP contribution in [0.15, 0.2) is 0 Å². The third-order valence-electron chi connectivity index (χ3n) is 1.85. The normalized spacial score (nSPS) is 14.4. The van der Waals surface area contributed by atoms with E-state index in [0.717, 1.165) is 12.8 Å². The Labute approximate surface area is 92.2 Å². The van der Waals surface area contributed by atoms with Crippen LogP contribution < -0.4 is 5.73 Å². The number of hydrogen-bond acceptors (Lipinski definition) is 3. The number of aliphatic hydroxyl groups is 1. The van der Waals surface area contributed by atoms with Gasteiger partial charge in [-0.05, 0) is 6.42 Å². The standard InChI is InChI=1S/C8H17NO3.Pd/c1-2-3-4-6(8(9)12)5-7(10)11;/h6,8,12H,2-5,9H2,1H3,(H,10,11);. The van der Waals surface area contributed by atoms with Crippen molar-refractivity contribution in [2.45, 2.75) is 38.8 Å². The number of carboxylic acids is 1. The largest absolute Gasteiger partial charge is 0.481 e. The fraction of sp³-hybridized carbons (Fsp3) is 0.875. The van der Waals surface area contributed by atoms with Crippen molar-refractivity contribution < 1.29 is 35.4 Å². The Morgan fingerprint density at radius 3 is 2.38 bits per heavy atom. The minimum atomic E-state index is -1.01. The Morgan fingerprint density at radius 1 is 1.54 bits per heavy atom. The third-order valence-corrected chi connectivity index (χ3v) is 1.85. The zero-order valence-corrected chi connectivity index (χ0v) is 9.23. The van der Waals surface area contributed by atoms with Crippen molar-refractivity contribution in [2.75, 3.05) is 0 Å². The van der Waals surface area contributed by atoms with Crippen LogP contribution in [0.25, 0.3) is 0 Å². The van der Waals surface area contributed by atoms with Crippen LogP contribution in [0.3, 0.4) is 0 Å². The minimum Gasteiger partial charge on any atom is -0.481 e. The minimum absolute atomic E-state index is 0. The summed E-state index contributed by atoms with van der Waals surface area (Å²) in [7, 11) is 0. The van der Waals surface area contributed by atoms with E-state index in [4.69, 9.17) is 15.9 Å². The zero-order chi connectivity index (χ0) is 9.56. The molecule has 0 spiro atoms. The Balaban J connectivity index is 0. The van der Waals surface area contributed by atoms with Crippen molar-refractivity contribution >= 4 is 5.97 Å². The van der Waals surface area contributed by atoms with Crippen molar-refractivity contribution in [3.8, 4) is 0 Å². The molecule has 0 aliphatic carbocycles. The van der Waals surface area contributed by atoms with E-state index in [1.54, 1.807) is 0 Å². The van der Waals surface area contributed by atoms with Gasteiger partial charge >= 0.3 is 5.97 Å². The quantitative estimate of drug-likeness (QED) is 0.490. The van der Waals surface area contributed by atoms with Gasteiger partial charge in [0.15, 0.2) is 0 Å². The third kappa shape index (κ3) is 8.38. The summed E-state index contributed by atoms with van der Waals surface area (Å²) in [6, 6.07) is 0. The average molecular weight is 282 g/mol. The number of aliphatic carboxylic acids is 1. The first-order valence-corrected chi connectivity index (χ1v) is 4.23. The summed E-state index contributed by atoms with van der Waals surface area (Å²) in [5.74, 6) is -1.21. The molecule has 5 heteroatoms. The van der Waals surface area contributed by atoms with Crippen LogP contribution in [0.5, 0.6) is 0 Å². The molecule has 0 radical (unpaired) electrons. The summed E-state index contributed by atoms with van der Waals surface area (Å²) in [5, 5.41) is 17.5. The molecule has 0 aliphatic rings. The topological polar surface area (TPSA) is 83.5 Å². The molecule has 0 aromatic rings. The number of unbranched alkanes of at least 4 members (excludes halogenated alkanes) is 1. The molecule has 0 heterocycles. The maximum atomic E-state index is 10.3. The van der Waals surface area contributed by atoms with Gasteiger partial charge in [0.25, 0.3) is 0 Å². The van der Waals surface area contributed by atoms with E-state index in [0.29, 0.717) is 6.42 Å². The predicted molar refractivity (Wildman–Crippen MR) is 45.5 cm³/mol. The summed E-state index contributed by atoms with van der Waals surface area (Å²) >= 11 is 0. The van der Waals surface area contributed by atoms with Crippen molar-refractivity contribution in [1.82, 2.24) is 0 Å². The van der Waals surface area contributed by atoms with Gasteiger partial charge in [-0.3, -0.25) is 4.79 Å². The second-order valence-corrected chi connectivity index (χ2v) is 2.99. The SMILES string of the molecule is CCCCC(CC(=O)O)C(N)O.[Pd]. The van der Waals surface area contributed by atoms with Crippen LogP contribution in [0.2, 0.25) is 0 Å². The van der Waals surface area contributed by atoms with Crippen molar-refractivity contribution in [1.29, 1.82) is 0 Å². The zero-order valence-electron chi connectivity index (χ0n) is 7.68. The molecule has 4 nitrogen and oxygen atoms in total. The summed E-state index contributed by atoms with van der Waals surface area (Å²) in [5.41, 5.74) is 5.22. The molecule has 0 rings (SSSR count). The van der Waals surface area contributed by atoms with E-state index in [2.05, 4.69) is 0 Å². The van der Waals surface area contributed by atoms with Gasteiger partial charge in [0.1, 0.15) is 6.23 Å². The molecule has 2 atom stereocenters. The molecular weight excluding hydrogens is 265 g/mol. The number of aliphatic hydroxyl groups excluding tert-OH is 1. The van der Waals surface area contributed by atoms with Crippen LogP contribution in [-0.2, 0) is 25.2 Å². The molecule has 0 bridgehead atoms. The molecule has 82 valence electrons. The molecule has 2 unspecified atom stereocenters. The smallest absolute Gasteiger partial charge is 0.303 e. The summed E-state index contributed by atoms with van der Waals surface area (Å²) in [4.78, 5) is 10.3. The second kappa shape index (κ2) is 8.64. The Hall–Kier alpha value is 0.0523. The van der Waals surface area contributed by atoms with Crippen LogP contribution in [-0.4, -0.2) is 22.4 Å². The van der Waals surface area contributed by atoms with E-state index in [1.165, 1.54) is 0 Å². The van der Waals surface area contributed by atoms with Gasteiger partial charge in [-0.1, -0.05) is 19.8 Å². The van der Waals surface area contributed by atoms with Gasteiger partial charge < -0.3 is 15.9 Å². The number of rotatable bonds is 6. The van der Waals surface area contributed by atoms with E-state index < -0.39 is 12.2 Å². The van der Waals surface area contributed by atoms with E-state index in [9.17, 15) is 4.79 Å². The van der Waals surface area contributed by atoms with Crippen LogP contribution >= 0.6 is 0 Å². The number of carboxylic acid groups (broad SMARTS) is 1. The first kappa shape index (κ1) is 15.5. The van der Waals surface area contributed by atoms with Gasteiger partial charge in [0.05, 0.1) is 6.42 Å². The van der Waals surface area contributed by atoms with E-state index >= 15 is 0 Å². The van der Waals surface area contributed by atoms with E-state index in [1.807, 2.05) is 6.92 Å². The fourth-order valence-corrected chi connectivity index (χ4v) is 1.08. The van der Waals surface area contributed by atoms with Crippen molar-refractivity contribution in [3.63, 3.8) is 0 Å². The maximum absolute atomic E-state index is 10.3. The second-order valence-electron chi connectivity index (χ2n) is 2.99. The van der Waals surface area contributed by atoms with Crippen LogP contribution in [0.4, 0.5) is 0 Å². The van der Waals surface area contributed by atoms with Gasteiger partial charge in [-0.25, -0.2) is 0 Å². The molecular formula is C8H17NO3Pd. The van der Waals surface area contributed by atoms with Crippen molar-refractivity contribution in [3.05, 3.63) is 0 Å². The maximum Gasteiger partial charge on any atom is 0.303 e. The molecule has 0 aromatic carbocycles. The van der Waals surface area contributed by atoms with Gasteiger partial charge in [-0.15, -0.1) is 0 Å². The van der Waals surface area contributed by atoms with Gasteiger partial charge in [0, 0.05) is 26.3 Å². The van der Waals surface area contributed by atoms with E-state index in [-0.39, 0.29) is 32.8 Å². The molecule has 0 saturated heterocycles. The summed E-state index contributed by atoms with van der Waals surface area (Å²) < 4.78 is 0. The summed E-state index contributed by atoms with van der Waals surface area (Å²) in [6.07, 6.45) is 1.53. The average Bonchev–Trinajstić information content (AvgIpc) is 1.96. The first-order chi connectivity index (χ1) is 5.57. The molecule has 0 aromatic heterocycles. The number of nitrogens with two attached hydrogens (primary N) is 1.